The summed E-state index contributed by atoms with van der Waals surface area (Å²) in [4.78, 5) is 10.3. The summed E-state index contributed by atoms with van der Waals surface area (Å²) in [6.45, 7) is 1.95. The lowest BCUT2D eigenvalue weighted by Gasteiger charge is -2.06. The maximum atomic E-state index is 12.8. The van der Waals surface area contributed by atoms with E-state index in [4.69, 9.17) is 9.15 Å². The predicted molar refractivity (Wildman–Crippen MR) is 48.7 cm³/mol. The third-order valence-electron chi connectivity index (χ3n) is 1.72. The van der Waals surface area contributed by atoms with Gasteiger partial charge in [-0.15, -0.1) is 0 Å². The average molecular weight is 200 g/mol. The lowest BCUT2D eigenvalue weighted by molar-refractivity contribution is -0.0593. The van der Waals surface area contributed by atoms with Crippen LogP contribution in [0.25, 0.3) is 0 Å². The van der Waals surface area contributed by atoms with Crippen LogP contribution in [0.4, 0.5) is 4.39 Å². The molecule has 4 heteroatoms. The number of halogens is 1. The minimum Gasteiger partial charge on any atom is -0.456 e. The fourth-order valence-electron chi connectivity index (χ4n) is 1.02. The first-order valence-corrected chi connectivity index (χ1v) is 4.55. The van der Waals surface area contributed by atoms with E-state index in [0.29, 0.717) is 18.5 Å². The summed E-state index contributed by atoms with van der Waals surface area (Å²) in [5.74, 6) is 0.695. The van der Waals surface area contributed by atoms with Crippen LogP contribution < -0.4 is 0 Å². The van der Waals surface area contributed by atoms with Gasteiger partial charge in [0.25, 0.3) is 0 Å². The fraction of sp³-hybridized carbons (Fsp3) is 0.500. The molecule has 3 nitrogen and oxygen atoms in total. The first kappa shape index (κ1) is 10.9. The van der Waals surface area contributed by atoms with E-state index in [2.05, 4.69) is 0 Å². The molecule has 1 aromatic rings. The summed E-state index contributed by atoms with van der Waals surface area (Å²) >= 11 is 0. The molecule has 0 saturated carbocycles. The van der Waals surface area contributed by atoms with Crippen molar-refractivity contribution < 1.29 is 18.3 Å². The molecule has 0 fully saturated rings. The summed E-state index contributed by atoms with van der Waals surface area (Å²) in [6.07, 6.45) is 0.451. The van der Waals surface area contributed by atoms with Crippen molar-refractivity contribution in [3.63, 3.8) is 0 Å². The van der Waals surface area contributed by atoms with Crippen LogP contribution in [0, 0.1) is 0 Å². The van der Waals surface area contributed by atoms with Crippen molar-refractivity contribution in [3.05, 3.63) is 23.7 Å². The van der Waals surface area contributed by atoms with Gasteiger partial charge in [-0.25, -0.2) is 4.39 Å². The Kier molecular flexibility index (Phi) is 4.32. The number of furan rings is 1. The first-order chi connectivity index (χ1) is 6.76. The zero-order valence-electron chi connectivity index (χ0n) is 8.03. The van der Waals surface area contributed by atoms with Crippen molar-refractivity contribution in [1.29, 1.82) is 0 Å². The van der Waals surface area contributed by atoms with Crippen molar-refractivity contribution in [2.45, 2.75) is 32.7 Å². The molecule has 0 aliphatic rings. The van der Waals surface area contributed by atoms with Gasteiger partial charge in [0.05, 0.1) is 0 Å². The Morgan fingerprint density at radius 3 is 3.00 bits per heavy atom. The quantitative estimate of drug-likeness (QED) is 0.663. The molecule has 78 valence electrons. The van der Waals surface area contributed by atoms with Crippen molar-refractivity contribution in [2.24, 2.45) is 0 Å². The average Bonchev–Trinajstić information content (AvgIpc) is 2.63. The highest BCUT2D eigenvalue weighted by Crippen LogP contribution is 2.11. The van der Waals surface area contributed by atoms with Crippen LogP contribution in [0.3, 0.4) is 0 Å². The van der Waals surface area contributed by atoms with Crippen LogP contribution in [0.1, 0.15) is 36.1 Å². The molecule has 1 heterocycles. The number of alkyl halides is 1. The first-order valence-electron chi connectivity index (χ1n) is 4.55. The smallest absolute Gasteiger partial charge is 0.199 e. The number of hydrogen-bond acceptors (Lipinski definition) is 3. The highest BCUT2D eigenvalue weighted by Gasteiger charge is 2.07. The summed E-state index contributed by atoms with van der Waals surface area (Å²) in [6, 6.07) is 3.13. The third-order valence-corrected chi connectivity index (χ3v) is 1.72. The zero-order valence-corrected chi connectivity index (χ0v) is 8.03. The molecule has 0 aliphatic carbocycles. The molecule has 1 aromatic heterocycles. The van der Waals surface area contributed by atoms with Gasteiger partial charge in [-0.3, -0.25) is 4.79 Å². The van der Waals surface area contributed by atoms with Gasteiger partial charge in [0.1, 0.15) is 12.4 Å². The van der Waals surface area contributed by atoms with Crippen molar-refractivity contribution in [2.75, 3.05) is 0 Å². The number of carbonyl (C=O) groups excluding carboxylic acids is 1. The van der Waals surface area contributed by atoms with E-state index in [0.717, 1.165) is 6.42 Å². The number of hydrogen-bond donors (Lipinski definition) is 0. The lowest BCUT2D eigenvalue weighted by atomic mass is 10.3. The molecule has 0 spiro atoms. The third kappa shape index (κ3) is 3.30. The molecular weight excluding hydrogens is 187 g/mol. The van der Waals surface area contributed by atoms with E-state index in [9.17, 15) is 9.18 Å². The van der Waals surface area contributed by atoms with Crippen LogP contribution >= 0.6 is 0 Å². The molecule has 0 radical (unpaired) electrons. The van der Waals surface area contributed by atoms with Crippen LogP contribution in [0.5, 0.6) is 0 Å². The van der Waals surface area contributed by atoms with E-state index in [1.807, 2.05) is 6.92 Å². The largest absolute Gasteiger partial charge is 0.456 e. The van der Waals surface area contributed by atoms with Gasteiger partial charge in [-0.05, 0) is 12.1 Å². The highest BCUT2D eigenvalue weighted by atomic mass is 19.1. The Balaban J connectivity index is 2.33. The molecule has 0 aliphatic heterocycles. The number of ether oxygens (including phenoxy) is 1. The van der Waals surface area contributed by atoms with Crippen LogP contribution in [0.2, 0.25) is 0 Å². The van der Waals surface area contributed by atoms with Gasteiger partial charge in [-0.2, -0.15) is 0 Å². The zero-order chi connectivity index (χ0) is 10.4. The number of rotatable bonds is 6. The Hall–Kier alpha value is -1.16. The summed E-state index contributed by atoms with van der Waals surface area (Å²) in [5.41, 5.74) is 0. The molecule has 14 heavy (non-hydrogen) atoms. The molecule has 0 saturated heterocycles. The van der Waals surface area contributed by atoms with Crippen molar-refractivity contribution in [1.82, 2.24) is 0 Å². The molecule has 0 N–H and O–H groups in total. The maximum absolute atomic E-state index is 12.8. The van der Waals surface area contributed by atoms with Crippen LogP contribution in [-0.2, 0) is 11.3 Å². The normalized spacial score (nSPS) is 12.7. The maximum Gasteiger partial charge on any atom is 0.199 e. The Bertz CT molecular complexity index is 283. The van der Waals surface area contributed by atoms with E-state index in [-0.39, 0.29) is 12.4 Å². The van der Waals surface area contributed by atoms with E-state index in [1.165, 1.54) is 6.07 Å². The minimum absolute atomic E-state index is 0.0645. The predicted octanol–water partition coefficient (Wildman–Crippen LogP) is 2.70. The molecule has 1 unspecified atom stereocenters. The summed E-state index contributed by atoms with van der Waals surface area (Å²) < 4.78 is 22.7. The van der Waals surface area contributed by atoms with Gasteiger partial charge >= 0.3 is 0 Å². The topological polar surface area (TPSA) is 39.4 Å². The fourth-order valence-corrected chi connectivity index (χ4v) is 1.02. The second-order valence-electron chi connectivity index (χ2n) is 2.93. The SMILES string of the molecule is CCCC(F)OCc1ccc(C=O)o1. The van der Waals surface area contributed by atoms with Gasteiger partial charge < -0.3 is 9.15 Å². The second-order valence-corrected chi connectivity index (χ2v) is 2.93. The Morgan fingerprint density at radius 2 is 2.43 bits per heavy atom. The molecule has 1 atom stereocenters. The van der Waals surface area contributed by atoms with Crippen LogP contribution in [-0.4, -0.2) is 12.6 Å². The standard InChI is InChI=1S/C10H13FO3/c1-2-3-10(11)13-7-9-5-4-8(6-12)14-9/h4-6,10H,2-3,7H2,1H3. The van der Waals surface area contributed by atoms with Gasteiger partial charge in [0, 0.05) is 6.42 Å². The molecule has 0 bridgehead atoms. The Morgan fingerprint density at radius 1 is 1.64 bits per heavy atom. The minimum atomic E-state index is -1.26. The second kappa shape index (κ2) is 5.54. The molecular formula is C10H13FO3. The van der Waals surface area contributed by atoms with Crippen molar-refractivity contribution in [3.8, 4) is 0 Å². The number of aldehydes is 1. The van der Waals surface area contributed by atoms with Gasteiger partial charge in [-0.1, -0.05) is 13.3 Å². The lowest BCUT2D eigenvalue weighted by Crippen LogP contribution is -2.05. The molecule has 0 aromatic carbocycles. The van der Waals surface area contributed by atoms with Gasteiger partial charge in [0.2, 0.25) is 0 Å². The highest BCUT2D eigenvalue weighted by molar-refractivity contribution is 5.70. The number of carbonyl (C=O) groups is 1. The molecule has 1 rings (SSSR count). The summed E-state index contributed by atoms with van der Waals surface area (Å²) in [5, 5.41) is 0. The van der Waals surface area contributed by atoms with Crippen molar-refractivity contribution >= 4 is 6.29 Å². The van der Waals surface area contributed by atoms with E-state index >= 15 is 0 Å². The van der Waals surface area contributed by atoms with Crippen LogP contribution in [0.15, 0.2) is 16.5 Å². The van der Waals surface area contributed by atoms with Gasteiger partial charge in [0.15, 0.2) is 18.4 Å². The monoisotopic (exact) mass is 200 g/mol. The molecule has 0 amide bonds. The van der Waals surface area contributed by atoms with E-state index < -0.39 is 6.36 Å². The van der Waals surface area contributed by atoms with E-state index in [1.54, 1.807) is 6.07 Å². The Labute approximate surface area is 81.9 Å². The summed E-state index contributed by atoms with van der Waals surface area (Å²) in [7, 11) is 0.